The molecule has 0 aliphatic carbocycles. The van der Waals surface area contributed by atoms with Crippen molar-refractivity contribution in [1.82, 2.24) is 35.2 Å². The monoisotopic (exact) mass is 472 g/mol. The molecule has 35 heavy (non-hydrogen) atoms. The number of hydrogen-bond donors (Lipinski definition) is 0. The Hall–Kier alpha value is -4.21. The number of ether oxygens (including phenoxy) is 1. The van der Waals surface area contributed by atoms with Crippen LogP contribution in [0.25, 0.3) is 11.3 Å². The third kappa shape index (κ3) is 5.01. The van der Waals surface area contributed by atoms with Crippen LogP contribution in [-0.4, -0.2) is 48.2 Å². The number of aromatic nitrogens is 7. The zero-order valence-corrected chi connectivity index (χ0v) is 19.5. The van der Waals surface area contributed by atoms with Crippen molar-refractivity contribution < 1.29 is 9.13 Å². The normalized spacial score (nSPS) is 15.7. The van der Waals surface area contributed by atoms with Gasteiger partial charge >= 0.3 is 0 Å². The average Bonchev–Trinajstić information content (AvgIpc) is 3.44. The zero-order valence-electron chi connectivity index (χ0n) is 19.5. The number of benzene rings is 1. The van der Waals surface area contributed by atoms with Gasteiger partial charge in [0.1, 0.15) is 12.9 Å². The predicted molar refractivity (Wildman–Crippen MR) is 128 cm³/mol. The molecule has 3 aromatic heterocycles. The maximum Gasteiger partial charge on any atom is 0.225 e. The number of halogens is 1. The van der Waals surface area contributed by atoms with Crippen LogP contribution in [0.5, 0.6) is 5.75 Å². The van der Waals surface area contributed by atoms with Crippen LogP contribution in [0.1, 0.15) is 30.7 Å². The molecule has 4 heterocycles. The van der Waals surface area contributed by atoms with Crippen molar-refractivity contribution in [3.63, 3.8) is 0 Å². The van der Waals surface area contributed by atoms with Crippen LogP contribution in [0.15, 0.2) is 61.3 Å². The number of rotatable bonds is 7. The number of pyridine rings is 1. The molecule has 0 fully saturated rings. The maximum absolute atomic E-state index is 14.4. The largest absolute Gasteiger partial charge is 0.484 e. The number of nitrogens with zero attached hydrogens (tertiary/aromatic N) is 8. The summed E-state index contributed by atoms with van der Waals surface area (Å²) in [4.78, 5) is 15.7. The van der Waals surface area contributed by atoms with Gasteiger partial charge in [-0.3, -0.25) is 4.98 Å². The summed E-state index contributed by atoms with van der Waals surface area (Å²) in [5, 5.41) is 10.9. The first-order valence-electron chi connectivity index (χ1n) is 11.5. The number of aryl methyl sites for hydroxylation is 1. The summed E-state index contributed by atoms with van der Waals surface area (Å²) in [6.07, 6.45) is 10.2. The van der Waals surface area contributed by atoms with E-state index in [0.29, 0.717) is 17.3 Å². The highest BCUT2D eigenvalue weighted by molar-refractivity contribution is 5.69. The molecule has 1 unspecified atom stereocenters. The Kier molecular flexibility index (Phi) is 6.42. The molecule has 9 nitrogen and oxygen atoms in total. The summed E-state index contributed by atoms with van der Waals surface area (Å²) in [6, 6.07) is 8.52. The van der Waals surface area contributed by atoms with E-state index in [2.05, 4.69) is 55.3 Å². The molecule has 1 atom stereocenters. The minimum absolute atomic E-state index is 0.144. The van der Waals surface area contributed by atoms with Crippen molar-refractivity contribution in [2.45, 2.75) is 26.9 Å². The molecule has 0 saturated heterocycles. The lowest BCUT2D eigenvalue weighted by Crippen LogP contribution is -2.34. The standard InChI is InChI=1S/C25H25FN8O/c1-3-18-11-28-25(29-12-18)33-9-8-22(17(2)14-33)19-4-5-20(27-13-19)15-35-24-7-6-21(10-23(24)26)34-16-30-31-32-34/h4-8,10-13,16-17H,3,9,14-15H2,1-2H3. The van der Waals surface area contributed by atoms with E-state index < -0.39 is 5.82 Å². The van der Waals surface area contributed by atoms with Gasteiger partial charge in [-0.15, -0.1) is 5.10 Å². The van der Waals surface area contributed by atoms with Crippen LogP contribution in [0.2, 0.25) is 0 Å². The molecule has 10 heteroatoms. The van der Waals surface area contributed by atoms with E-state index in [-0.39, 0.29) is 12.4 Å². The highest BCUT2D eigenvalue weighted by atomic mass is 19.1. The smallest absolute Gasteiger partial charge is 0.225 e. The van der Waals surface area contributed by atoms with Gasteiger partial charge in [0.15, 0.2) is 11.6 Å². The molecular weight excluding hydrogens is 447 g/mol. The van der Waals surface area contributed by atoms with Crippen molar-refractivity contribution >= 4 is 11.5 Å². The maximum atomic E-state index is 14.4. The summed E-state index contributed by atoms with van der Waals surface area (Å²) >= 11 is 0. The van der Waals surface area contributed by atoms with Crippen molar-refractivity contribution in [2.24, 2.45) is 5.92 Å². The Morgan fingerprint density at radius 2 is 1.94 bits per heavy atom. The first-order chi connectivity index (χ1) is 17.1. The number of anilines is 1. The van der Waals surface area contributed by atoms with Gasteiger partial charge in [-0.25, -0.2) is 19.0 Å². The molecule has 0 saturated carbocycles. The second-order valence-electron chi connectivity index (χ2n) is 8.41. The fourth-order valence-corrected chi connectivity index (χ4v) is 4.03. The van der Waals surface area contributed by atoms with Gasteiger partial charge in [0.05, 0.1) is 11.4 Å². The summed E-state index contributed by atoms with van der Waals surface area (Å²) in [6.45, 7) is 6.03. The highest BCUT2D eigenvalue weighted by Crippen LogP contribution is 2.29. The van der Waals surface area contributed by atoms with E-state index in [9.17, 15) is 4.39 Å². The number of tetrazole rings is 1. The predicted octanol–water partition coefficient (Wildman–Crippen LogP) is 3.67. The van der Waals surface area contributed by atoms with Gasteiger partial charge in [-0.2, -0.15) is 0 Å². The van der Waals surface area contributed by atoms with E-state index in [1.807, 2.05) is 30.7 Å². The second kappa shape index (κ2) is 9.96. The van der Waals surface area contributed by atoms with Crippen molar-refractivity contribution in [1.29, 1.82) is 0 Å². The molecule has 1 aromatic carbocycles. The van der Waals surface area contributed by atoms with Crippen molar-refractivity contribution in [3.8, 4) is 11.4 Å². The van der Waals surface area contributed by atoms with E-state index in [1.165, 1.54) is 22.6 Å². The number of hydrogen-bond acceptors (Lipinski definition) is 8. The van der Waals surface area contributed by atoms with Crippen LogP contribution in [-0.2, 0) is 13.0 Å². The van der Waals surface area contributed by atoms with Crippen LogP contribution < -0.4 is 9.64 Å². The van der Waals surface area contributed by atoms with Crippen LogP contribution in [0, 0.1) is 11.7 Å². The fraction of sp³-hybridized carbons (Fsp3) is 0.280. The first-order valence-corrected chi connectivity index (χ1v) is 11.5. The highest BCUT2D eigenvalue weighted by Gasteiger charge is 2.22. The summed E-state index contributed by atoms with van der Waals surface area (Å²) < 4.78 is 21.5. The Balaban J connectivity index is 1.21. The first kappa shape index (κ1) is 22.6. The topological polar surface area (TPSA) is 94.7 Å². The lowest BCUT2D eigenvalue weighted by molar-refractivity contribution is 0.286. The molecule has 1 aliphatic rings. The quantitative estimate of drug-likeness (QED) is 0.402. The molecule has 5 rings (SSSR count). The van der Waals surface area contributed by atoms with E-state index in [0.717, 1.165) is 36.6 Å². The molecule has 0 bridgehead atoms. The Morgan fingerprint density at radius 1 is 1.09 bits per heavy atom. The average molecular weight is 473 g/mol. The van der Waals surface area contributed by atoms with Gasteiger partial charge < -0.3 is 9.64 Å². The molecule has 0 amide bonds. The van der Waals surface area contributed by atoms with Gasteiger partial charge in [0.2, 0.25) is 5.95 Å². The van der Waals surface area contributed by atoms with Crippen LogP contribution >= 0.6 is 0 Å². The Morgan fingerprint density at radius 3 is 2.60 bits per heavy atom. The second-order valence-corrected chi connectivity index (χ2v) is 8.41. The minimum atomic E-state index is -0.492. The molecule has 4 aromatic rings. The van der Waals surface area contributed by atoms with Crippen LogP contribution in [0.4, 0.5) is 10.3 Å². The van der Waals surface area contributed by atoms with E-state index in [1.54, 1.807) is 12.1 Å². The molecule has 1 aliphatic heterocycles. The third-order valence-electron chi connectivity index (χ3n) is 6.00. The third-order valence-corrected chi connectivity index (χ3v) is 6.00. The van der Waals surface area contributed by atoms with Gasteiger partial charge in [0.25, 0.3) is 0 Å². The summed E-state index contributed by atoms with van der Waals surface area (Å²) in [5.41, 5.74) is 4.68. The Bertz CT molecular complexity index is 1310. The fourth-order valence-electron chi connectivity index (χ4n) is 4.03. The lowest BCUT2D eigenvalue weighted by Gasteiger charge is -2.31. The zero-order chi connectivity index (χ0) is 24.2. The molecule has 0 spiro atoms. The van der Waals surface area contributed by atoms with Gasteiger partial charge in [0, 0.05) is 37.7 Å². The van der Waals surface area contributed by atoms with Gasteiger partial charge in [-0.05, 0) is 57.7 Å². The molecular formula is C25H25FN8O. The van der Waals surface area contributed by atoms with E-state index in [4.69, 9.17) is 4.74 Å². The summed E-state index contributed by atoms with van der Waals surface area (Å²) in [7, 11) is 0. The van der Waals surface area contributed by atoms with Gasteiger partial charge in [-0.1, -0.05) is 26.0 Å². The lowest BCUT2D eigenvalue weighted by atomic mass is 9.91. The minimum Gasteiger partial charge on any atom is -0.484 e. The molecule has 178 valence electrons. The van der Waals surface area contributed by atoms with Crippen LogP contribution in [0.3, 0.4) is 0 Å². The SMILES string of the molecule is CCc1cnc(N2CC=C(c3ccc(COc4ccc(-n5cnnn5)cc4F)nc3)C(C)C2)nc1. The van der Waals surface area contributed by atoms with E-state index >= 15 is 0 Å². The molecule has 0 N–H and O–H groups in total. The van der Waals surface area contributed by atoms with Crippen molar-refractivity contribution in [2.75, 3.05) is 18.0 Å². The Labute approximate surface area is 202 Å². The van der Waals surface area contributed by atoms with Crippen molar-refractivity contribution in [3.05, 3.63) is 84.0 Å². The molecule has 0 radical (unpaired) electrons. The summed E-state index contributed by atoms with van der Waals surface area (Å²) in [5.74, 6) is 0.711.